The summed E-state index contributed by atoms with van der Waals surface area (Å²) in [5, 5.41) is 3.51. The Morgan fingerprint density at radius 1 is 1.05 bits per heavy atom. The van der Waals surface area contributed by atoms with Crippen molar-refractivity contribution in [1.82, 2.24) is 19.4 Å². The molecule has 2 aromatic carbocycles. The number of sulfonamides is 1. The van der Waals surface area contributed by atoms with Crippen LogP contribution < -0.4 is 5.32 Å². The van der Waals surface area contributed by atoms with Gasteiger partial charge in [-0.25, -0.2) is 18.0 Å². The van der Waals surface area contributed by atoms with Gasteiger partial charge >= 0.3 is 12.0 Å². The van der Waals surface area contributed by atoms with Crippen molar-refractivity contribution in [3.05, 3.63) is 75.4 Å². The minimum atomic E-state index is -3.68. The Morgan fingerprint density at radius 2 is 1.77 bits per heavy atom. The Balaban J connectivity index is 1.67. The maximum atomic E-state index is 13.5. The molecule has 2 aliphatic rings. The first-order chi connectivity index (χ1) is 19.1. The molecule has 2 aromatic rings. The van der Waals surface area contributed by atoms with Gasteiger partial charge in [-0.2, -0.15) is 4.31 Å². The molecule has 2 amide bonds. The molecule has 9 nitrogen and oxygen atoms in total. The minimum absolute atomic E-state index is 0.204. The summed E-state index contributed by atoms with van der Waals surface area (Å²) in [5.41, 5.74) is 3.82. The molecule has 1 fully saturated rings. The Morgan fingerprint density at radius 3 is 2.45 bits per heavy atom. The fourth-order valence-electron chi connectivity index (χ4n) is 5.27. The summed E-state index contributed by atoms with van der Waals surface area (Å²) in [6.07, 6.45) is 0.605. The van der Waals surface area contributed by atoms with Gasteiger partial charge in [-0.3, -0.25) is 9.80 Å². The number of hydrogen-bond acceptors (Lipinski definition) is 6. The summed E-state index contributed by atoms with van der Waals surface area (Å²) in [4.78, 5) is 30.7. The number of esters is 1. The second-order valence-electron chi connectivity index (χ2n) is 10.1. The minimum Gasteiger partial charge on any atom is -0.463 e. The lowest BCUT2D eigenvalue weighted by Crippen LogP contribution is -2.51. The van der Waals surface area contributed by atoms with E-state index < -0.39 is 22.0 Å². The lowest BCUT2D eigenvalue weighted by atomic mass is 9.90. The van der Waals surface area contributed by atoms with Gasteiger partial charge < -0.3 is 10.1 Å². The van der Waals surface area contributed by atoms with Crippen LogP contribution in [0, 0.1) is 13.8 Å². The number of aryl methyl sites for hydroxylation is 2. The van der Waals surface area contributed by atoms with Gasteiger partial charge in [-0.05, 0) is 76.1 Å². The number of carbonyl (C=O) groups is 2. The van der Waals surface area contributed by atoms with E-state index in [-0.39, 0.29) is 24.1 Å². The molecular weight excluding hydrogens is 552 g/mol. The second kappa shape index (κ2) is 12.7. The molecule has 1 saturated heterocycles. The predicted octanol–water partition coefficient (Wildman–Crippen LogP) is 4.26. The second-order valence-corrected chi connectivity index (χ2v) is 12.4. The maximum absolute atomic E-state index is 13.5. The summed E-state index contributed by atoms with van der Waals surface area (Å²) in [5.74, 6) is -0.469. The standard InChI is InChI=1S/C29H37ClN4O5S/c1-5-34-25(19-32-14-7-15-33(17-16-32)40(37,38)23-12-10-22(30)11-13-23)26(28(35)39-6-2)27(31-29(34)36)24-18-20(3)8-9-21(24)4/h8-13,18,27H,5-7,14-17,19H2,1-4H3,(H,31,36). The van der Waals surface area contributed by atoms with Gasteiger partial charge in [0.2, 0.25) is 10.0 Å². The summed E-state index contributed by atoms with van der Waals surface area (Å²) in [6.45, 7) is 10.1. The van der Waals surface area contributed by atoms with Crippen molar-refractivity contribution in [2.75, 3.05) is 45.9 Å². The highest BCUT2D eigenvalue weighted by Gasteiger charge is 2.39. The van der Waals surface area contributed by atoms with E-state index in [1.807, 2.05) is 39.0 Å². The number of likely N-dealkylation sites (N-methyl/N-ethyl adjacent to an activating group) is 1. The van der Waals surface area contributed by atoms with Crippen LogP contribution in [-0.4, -0.2) is 80.4 Å². The topological polar surface area (TPSA) is 99.3 Å². The monoisotopic (exact) mass is 588 g/mol. The third-order valence-electron chi connectivity index (χ3n) is 7.37. The van der Waals surface area contributed by atoms with E-state index in [1.54, 1.807) is 24.0 Å². The van der Waals surface area contributed by atoms with Gasteiger partial charge in [0, 0.05) is 43.4 Å². The van der Waals surface area contributed by atoms with Crippen LogP contribution >= 0.6 is 11.6 Å². The average Bonchev–Trinajstić information content (AvgIpc) is 3.16. The SMILES string of the molecule is CCOC(=O)C1=C(CN2CCCN(S(=O)(=O)c3ccc(Cl)cc3)CC2)N(CC)C(=O)NC1c1cc(C)ccc1C. The van der Waals surface area contributed by atoms with Gasteiger partial charge in [0.15, 0.2) is 0 Å². The fraction of sp³-hybridized carbons (Fsp3) is 0.448. The van der Waals surface area contributed by atoms with E-state index in [4.69, 9.17) is 16.3 Å². The van der Waals surface area contributed by atoms with Crippen molar-refractivity contribution in [1.29, 1.82) is 0 Å². The molecule has 0 bridgehead atoms. The fourth-order valence-corrected chi connectivity index (χ4v) is 6.87. The summed E-state index contributed by atoms with van der Waals surface area (Å²) in [6, 6.07) is 11.2. The summed E-state index contributed by atoms with van der Waals surface area (Å²) >= 11 is 5.95. The summed E-state index contributed by atoms with van der Waals surface area (Å²) in [7, 11) is -3.68. The highest BCUT2D eigenvalue weighted by molar-refractivity contribution is 7.89. The van der Waals surface area contributed by atoms with Crippen LogP contribution in [-0.2, 0) is 19.6 Å². The van der Waals surface area contributed by atoms with Gasteiger partial charge in [-0.1, -0.05) is 35.4 Å². The Kier molecular flexibility index (Phi) is 9.56. The van der Waals surface area contributed by atoms with Crippen molar-refractivity contribution in [2.45, 2.75) is 45.1 Å². The molecular formula is C29H37ClN4O5S. The lowest BCUT2D eigenvalue weighted by Gasteiger charge is -2.38. The van der Waals surface area contributed by atoms with Gasteiger partial charge in [-0.15, -0.1) is 0 Å². The number of benzene rings is 2. The van der Waals surface area contributed by atoms with Crippen molar-refractivity contribution in [3.63, 3.8) is 0 Å². The quantitative estimate of drug-likeness (QED) is 0.463. The molecule has 2 heterocycles. The zero-order valence-electron chi connectivity index (χ0n) is 23.4. The molecule has 0 saturated carbocycles. The molecule has 216 valence electrons. The Hall–Kier alpha value is -2.92. The van der Waals surface area contributed by atoms with Gasteiger partial charge in [0.25, 0.3) is 0 Å². The molecule has 2 aliphatic heterocycles. The molecule has 0 aromatic heterocycles. The molecule has 40 heavy (non-hydrogen) atoms. The first-order valence-electron chi connectivity index (χ1n) is 13.6. The van der Waals surface area contributed by atoms with E-state index in [0.29, 0.717) is 55.4 Å². The van der Waals surface area contributed by atoms with Crippen molar-refractivity contribution in [2.24, 2.45) is 0 Å². The Bertz CT molecular complexity index is 1390. The average molecular weight is 589 g/mol. The molecule has 1 unspecified atom stereocenters. The van der Waals surface area contributed by atoms with Crippen LogP contribution in [0.1, 0.15) is 43.0 Å². The van der Waals surface area contributed by atoms with Crippen LogP contribution in [0.5, 0.6) is 0 Å². The highest BCUT2D eigenvalue weighted by atomic mass is 35.5. The molecule has 0 spiro atoms. The first-order valence-corrected chi connectivity index (χ1v) is 15.4. The van der Waals surface area contributed by atoms with Crippen molar-refractivity contribution >= 4 is 33.6 Å². The number of nitrogens with one attached hydrogen (secondary N) is 1. The van der Waals surface area contributed by atoms with E-state index in [0.717, 1.165) is 16.7 Å². The van der Waals surface area contributed by atoms with E-state index >= 15 is 0 Å². The Labute approximate surface area is 241 Å². The van der Waals surface area contributed by atoms with Gasteiger partial charge in [0.1, 0.15) is 0 Å². The van der Waals surface area contributed by atoms with Crippen LogP contribution in [0.2, 0.25) is 5.02 Å². The first kappa shape index (κ1) is 30.0. The third-order valence-corrected chi connectivity index (χ3v) is 9.53. The maximum Gasteiger partial charge on any atom is 0.338 e. The number of amides is 2. The van der Waals surface area contributed by atoms with E-state index in [1.165, 1.54) is 16.4 Å². The molecule has 4 rings (SSSR count). The van der Waals surface area contributed by atoms with Crippen LogP contribution in [0.15, 0.2) is 58.6 Å². The zero-order valence-corrected chi connectivity index (χ0v) is 25.0. The molecule has 11 heteroatoms. The smallest absolute Gasteiger partial charge is 0.338 e. The van der Waals surface area contributed by atoms with Gasteiger partial charge in [0.05, 0.1) is 23.1 Å². The lowest BCUT2D eigenvalue weighted by molar-refractivity contribution is -0.139. The van der Waals surface area contributed by atoms with E-state index in [9.17, 15) is 18.0 Å². The predicted molar refractivity (Wildman–Crippen MR) is 154 cm³/mol. The molecule has 1 N–H and O–H groups in total. The summed E-state index contributed by atoms with van der Waals surface area (Å²) < 4.78 is 33.6. The van der Waals surface area contributed by atoms with E-state index in [2.05, 4.69) is 10.2 Å². The number of carbonyl (C=O) groups excluding carboxylic acids is 2. The van der Waals surface area contributed by atoms with Crippen molar-refractivity contribution in [3.8, 4) is 0 Å². The van der Waals surface area contributed by atoms with Crippen LogP contribution in [0.4, 0.5) is 4.79 Å². The zero-order chi connectivity index (χ0) is 29.0. The van der Waals surface area contributed by atoms with Crippen LogP contribution in [0.3, 0.4) is 0 Å². The normalized spacial score (nSPS) is 19.4. The highest BCUT2D eigenvalue weighted by Crippen LogP contribution is 2.34. The number of hydrogen-bond donors (Lipinski definition) is 1. The van der Waals surface area contributed by atoms with Crippen LogP contribution in [0.25, 0.3) is 0 Å². The molecule has 1 atom stereocenters. The van der Waals surface area contributed by atoms with Crippen molar-refractivity contribution < 1.29 is 22.7 Å². The molecule has 0 aliphatic carbocycles. The number of halogens is 1. The number of nitrogens with zero attached hydrogens (tertiary/aromatic N) is 3. The third kappa shape index (κ3) is 6.35. The number of rotatable bonds is 8. The molecule has 0 radical (unpaired) electrons. The largest absolute Gasteiger partial charge is 0.463 e. The number of urea groups is 1. The number of ether oxygens (including phenoxy) is 1.